The maximum Gasteiger partial charge on any atom is 0.0392 e. The second-order valence-corrected chi connectivity index (χ2v) is 4.39. The van der Waals surface area contributed by atoms with Crippen molar-refractivity contribution in [3.05, 3.63) is 0 Å². The van der Waals surface area contributed by atoms with Gasteiger partial charge in [-0.1, -0.05) is 20.8 Å². The average molecular weight is 164 g/mol. The minimum Gasteiger partial charge on any atom is -0.151 e. The maximum atomic E-state index is 2.32. The lowest BCUT2D eigenvalue weighted by Gasteiger charge is -2.15. The third kappa shape index (κ3) is 5.16. The number of thioether (sulfide) groups is 2. The standard InChI is InChI=1S/C5H10S2.C2H6/c1-5-2-6-4-7-3-5;1-2/h5H,2-4H2,1H3;1-2H3. The van der Waals surface area contributed by atoms with E-state index in [0.29, 0.717) is 0 Å². The lowest BCUT2D eigenvalue weighted by atomic mass is 10.3. The smallest absolute Gasteiger partial charge is 0.0392 e. The van der Waals surface area contributed by atoms with Gasteiger partial charge in [-0.2, -0.15) is 23.5 Å². The molecule has 56 valence electrons. The highest BCUT2D eigenvalue weighted by Crippen LogP contribution is 2.24. The molecule has 1 aliphatic heterocycles. The summed E-state index contributed by atoms with van der Waals surface area (Å²) in [4.78, 5) is 0. The van der Waals surface area contributed by atoms with E-state index in [0.717, 1.165) is 5.92 Å². The van der Waals surface area contributed by atoms with Crippen molar-refractivity contribution in [2.75, 3.05) is 16.6 Å². The second kappa shape index (κ2) is 6.81. The summed E-state index contributed by atoms with van der Waals surface area (Å²) < 4.78 is 0. The van der Waals surface area contributed by atoms with E-state index >= 15 is 0 Å². The first-order valence-electron chi connectivity index (χ1n) is 3.55. The quantitative estimate of drug-likeness (QED) is 0.539. The zero-order chi connectivity index (χ0) is 7.11. The molecule has 0 nitrogen and oxygen atoms in total. The third-order valence-corrected chi connectivity index (χ3v) is 3.91. The fraction of sp³-hybridized carbons (Fsp3) is 1.00. The van der Waals surface area contributed by atoms with E-state index in [9.17, 15) is 0 Å². The first-order chi connectivity index (χ1) is 4.39. The normalized spacial score (nSPS) is 20.3. The molecule has 1 rings (SSSR count). The Hall–Kier alpha value is 0.700. The first-order valence-corrected chi connectivity index (χ1v) is 5.86. The summed E-state index contributed by atoms with van der Waals surface area (Å²) in [6.45, 7) is 6.32. The van der Waals surface area contributed by atoms with Gasteiger partial charge in [0.05, 0.1) is 0 Å². The van der Waals surface area contributed by atoms with Gasteiger partial charge in [-0.25, -0.2) is 0 Å². The van der Waals surface area contributed by atoms with Gasteiger partial charge < -0.3 is 0 Å². The van der Waals surface area contributed by atoms with Crippen LogP contribution in [0.25, 0.3) is 0 Å². The van der Waals surface area contributed by atoms with Crippen LogP contribution in [0, 0.1) is 5.92 Å². The van der Waals surface area contributed by atoms with E-state index in [2.05, 4.69) is 30.4 Å². The van der Waals surface area contributed by atoms with E-state index in [4.69, 9.17) is 0 Å². The van der Waals surface area contributed by atoms with Crippen LogP contribution >= 0.6 is 23.5 Å². The highest BCUT2D eigenvalue weighted by Gasteiger charge is 2.06. The van der Waals surface area contributed by atoms with Gasteiger partial charge in [0.2, 0.25) is 0 Å². The van der Waals surface area contributed by atoms with Gasteiger partial charge in [-0.05, 0) is 17.4 Å². The Kier molecular flexibility index (Phi) is 7.34. The van der Waals surface area contributed by atoms with Crippen LogP contribution in [-0.2, 0) is 0 Å². The molecule has 1 saturated heterocycles. The van der Waals surface area contributed by atoms with Gasteiger partial charge in [-0.3, -0.25) is 0 Å². The molecule has 2 heteroatoms. The van der Waals surface area contributed by atoms with E-state index in [1.54, 1.807) is 0 Å². The van der Waals surface area contributed by atoms with Crippen LogP contribution in [0.2, 0.25) is 0 Å². The minimum absolute atomic E-state index is 0.962. The summed E-state index contributed by atoms with van der Waals surface area (Å²) in [6.07, 6.45) is 0. The summed E-state index contributed by atoms with van der Waals surface area (Å²) in [5.74, 6) is 3.73. The van der Waals surface area contributed by atoms with Gasteiger partial charge in [0, 0.05) is 5.08 Å². The molecule has 0 aromatic carbocycles. The molecule has 0 aromatic rings. The van der Waals surface area contributed by atoms with Gasteiger partial charge in [0.25, 0.3) is 0 Å². The van der Waals surface area contributed by atoms with E-state index in [-0.39, 0.29) is 0 Å². The Bertz CT molecular complexity index is 48.9. The van der Waals surface area contributed by atoms with Crippen molar-refractivity contribution in [3.63, 3.8) is 0 Å². The fourth-order valence-corrected chi connectivity index (χ4v) is 3.04. The van der Waals surface area contributed by atoms with Crippen molar-refractivity contribution in [2.24, 2.45) is 5.92 Å². The molecule has 1 fully saturated rings. The van der Waals surface area contributed by atoms with Crippen LogP contribution < -0.4 is 0 Å². The lowest BCUT2D eigenvalue weighted by molar-refractivity contribution is 0.762. The molecule has 0 N–H and O–H groups in total. The fourth-order valence-electron chi connectivity index (χ4n) is 0.606. The first kappa shape index (κ1) is 9.70. The predicted octanol–water partition coefficient (Wildman–Crippen LogP) is 3.09. The average Bonchev–Trinajstić information content (AvgIpc) is 1.94. The van der Waals surface area contributed by atoms with Gasteiger partial charge in [0.15, 0.2) is 0 Å². The molecule has 1 heterocycles. The summed E-state index contributed by atoms with van der Waals surface area (Å²) in [5, 5.41) is 1.32. The maximum absolute atomic E-state index is 2.32. The predicted molar refractivity (Wildman–Crippen MR) is 50.3 cm³/mol. The van der Waals surface area contributed by atoms with E-state index in [1.807, 2.05) is 13.8 Å². The molecule has 0 aromatic heterocycles. The van der Waals surface area contributed by atoms with Gasteiger partial charge >= 0.3 is 0 Å². The van der Waals surface area contributed by atoms with Crippen LogP contribution in [0.3, 0.4) is 0 Å². The molecule has 9 heavy (non-hydrogen) atoms. The Morgan fingerprint density at radius 1 is 1.11 bits per heavy atom. The zero-order valence-electron chi connectivity index (χ0n) is 6.52. The summed E-state index contributed by atoms with van der Waals surface area (Å²) in [5.41, 5.74) is 0. The second-order valence-electron chi connectivity index (χ2n) is 1.96. The number of hydrogen-bond donors (Lipinski definition) is 0. The summed E-state index contributed by atoms with van der Waals surface area (Å²) >= 11 is 4.13. The molecule has 0 bridgehead atoms. The SMILES string of the molecule is CC.CC1CSCSC1. The lowest BCUT2D eigenvalue weighted by Crippen LogP contribution is -2.06. The zero-order valence-corrected chi connectivity index (χ0v) is 8.15. The molecular formula is C7H16S2. The largest absolute Gasteiger partial charge is 0.151 e. The molecule has 0 aliphatic carbocycles. The molecule has 0 spiro atoms. The van der Waals surface area contributed by atoms with Gasteiger partial charge in [-0.15, -0.1) is 0 Å². The molecule has 0 atom stereocenters. The monoisotopic (exact) mass is 164 g/mol. The topological polar surface area (TPSA) is 0 Å². The molecular weight excluding hydrogens is 148 g/mol. The summed E-state index contributed by atoms with van der Waals surface area (Å²) in [6, 6.07) is 0. The van der Waals surface area contributed by atoms with Crippen molar-refractivity contribution in [2.45, 2.75) is 20.8 Å². The molecule has 0 amide bonds. The van der Waals surface area contributed by atoms with E-state index in [1.165, 1.54) is 16.6 Å². The highest BCUT2D eigenvalue weighted by molar-refractivity contribution is 8.16. The number of hydrogen-bond acceptors (Lipinski definition) is 2. The van der Waals surface area contributed by atoms with Gasteiger partial charge in [0.1, 0.15) is 0 Å². The molecule has 0 unspecified atom stereocenters. The van der Waals surface area contributed by atoms with Crippen molar-refractivity contribution < 1.29 is 0 Å². The van der Waals surface area contributed by atoms with Crippen LogP contribution in [-0.4, -0.2) is 16.6 Å². The Labute approximate surface area is 67.2 Å². The Morgan fingerprint density at radius 2 is 1.56 bits per heavy atom. The van der Waals surface area contributed by atoms with Crippen LogP contribution in [0.15, 0.2) is 0 Å². The Morgan fingerprint density at radius 3 is 1.78 bits per heavy atom. The number of rotatable bonds is 0. The van der Waals surface area contributed by atoms with Crippen LogP contribution in [0.5, 0.6) is 0 Å². The minimum atomic E-state index is 0.962. The molecule has 0 radical (unpaired) electrons. The highest BCUT2D eigenvalue weighted by atomic mass is 32.2. The Balaban J connectivity index is 0.000000291. The van der Waals surface area contributed by atoms with E-state index < -0.39 is 0 Å². The molecule has 0 saturated carbocycles. The van der Waals surface area contributed by atoms with Crippen molar-refractivity contribution >= 4 is 23.5 Å². The van der Waals surface area contributed by atoms with Crippen molar-refractivity contribution in [1.82, 2.24) is 0 Å². The van der Waals surface area contributed by atoms with Crippen molar-refractivity contribution in [3.8, 4) is 0 Å². The van der Waals surface area contributed by atoms with Crippen molar-refractivity contribution in [1.29, 1.82) is 0 Å². The summed E-state index contributed by atoms with van der Waals surface area (Å²) in [7, 11) is 0. The van der Waals surface area contributed by atoms with Crippen LogP contribution in [0.1, 0.15) is 20.8 Å². The van der Waals surface area contributed by atoms with Crippen LogP contribution in [0.4, 0.5) is 0 Å². The molecule has 1 aliphatic rings. The third-order valence-electron chi connectivity index (χ3n) is 0.971.